The van der Waals surface area contributed by atoms with E-state index in [4.69, 9.17) is 0 Å². The molecule has 106 valence electrons. The van der Waals surface area contributed by atoms with E-state index in [1.807, 2.05) is 18.2 Å². The average Bonchev–Trinajstić information content (AvgIpc) is 2.91. The zero-order valence-electron chi connectivity index (χ0n) is 10.8. The van der Waals surface area contributed by atoms with E-state index in [1.165, 1.54) is 4.90 Å². The fraction of sp³-hybridized carbons (Fsp3) is 0.462. The molecular weight excluding hydrogens is 300 g/mol. The summed E-state index contributed by atoms with van der Waals surface area (Å²) in [6.45, 7) is 2.84. The van der Waals surface area contributed by atoms with Gasteiger partial charge in [-0.05, 0) is 12.1 Å². The maximum atomic E-state index is 11.8. The van der Waals surface area contributed by atoms with Crippen LogP contribution in [0.5, 0.6) is 0 Å². The molecule has 1 saturated heterocycles. The number of carbonyl (C=O) groups is 1. The highest BCUT2D eigenvalue weighted by atomic mass is 35.5. The van der Waals surface area contributed by atoms with E-state index < -0.39 is 0 Å². The molecule has 0 saturated carbocycles. The molecule has 0 bridgehead atoms. The minimum Gasteiger partial charge on any atom is -0.354 e. The Balaban J connectivity index is 0.00000180. The Kier molecular flexibility index (Phi) is 7.68. The van der Waals surface area contributed by atoms with Crippen LogP contribution in [0.15, 0.2) is 35.2 Å². The molecule has 2 N–H and O–H groups in total. The zero-order chi connectivity index (χ0) is 12.8. The molecule has 1 aromatic rings. The van der Waals surface area contributed by atoms with Crippen molar-refractivity contribution < 1.29 is 4.79 Å². The van der Waals surface area contributed by atoms with E-state index in [-0.39, 0.29) is 24.4 Å². The smallest absolute Gasteiger partial charge is 0.238 e. The van der Waals surface area contributed by atoms with Crippen molar-refractivity contribution in [1.29, 1.82) is 0 Å². The van der Waals surface area contributed by atoms with E-state index in [2.05, 4.69) is 29.7 Å². The van der Waals surface area contributed by atoms with E-state index in [9.17, 15) is 4.79 Å². The normalized spacial score (nSPS) is 19.5. The van der Waals surface area contributed by atoms with Crippen LogP contribution in [0.25, 0.3) is 0 Å². The SMILES string of the molecule is CC(CNC(=O)C1CSCN1)Sc1ccccc1.Cl. The first-order valence-electron chi connectivity index (χ1n) is 6.06. The fourth-order valence-electron chi connectivity index (χ4n) is 1.70. The Morgan fingerprint density at radius 2 is 2.26 bits per heavy atom. The third-order valence-electron chi connectivity index (χ3n) is 2.68. The minimum absolute atomic E-state index is 0. The summed E-state index contributed by atoms with van der Waals surface area (Å²) in [4.78, 5) is 13.1. The summed E-state index contributed by atoms with van der Waals surface area (Å²) in [7, 11) is 0. The van der Waals surface area contributed by atoms with Crippen LogP contribution in [-0.2, 0) is 4.79 Å². The van der Waals surface area contributed by atoms with Gasteiger partial charge in [0.2, 0.25) is 5.91 Å². The molecule has 2 atom stereocenters. The van der Waals surface area contributed by atoms with Gasteiger partial charge in [0.1, 0.15) is 0 Å². The number of amides is 1. The molecule has 1 amide bonds. The molecule has 1 aliphatic heterocycles. The number of rotatable bonds is 5. The lowest BCUT2D eigenvalue weighted by atomic mass is 10.3. The predicted octanol–water partition coefficient (Wildman–Crippen LogP) is 2.37. The van der Waals surface area contributed by atoms with Crippen LogP contribution in [0.1, 0.15) is 6.92 Å². The summed E-state index contributed by atoms with van der Waals surface area (Å²) in [5.74, 6) is 1.89. The van der Waals surface area contributed by atoms with Gasteiger partial charge < -0.3 is 5.32 Å². The van der Waals surface area contributed by atoms with Gasteiger partial charge in [0.05, 0.1) is 6.04 Å². The summed E-state index contributed by atoms with van der Waals surface area (Å²) in [5.41, 5.74) is 0. The maximum absolute atomic E-state index is 11.8. The van der Waals surface area contributed by atoms with E-state index >= 15 is 0 Å². The van der Waals surface area contributed by atoms with Crippen LogP contribution in [0.4, 0.5) is 0 Å². The molecule has 2 rings (SSSR count). The van der Waals surface area contributed by atoms with E-state index in [0.717, 1.165) is 11.6 Å². The third kappa shape index (κ3) is 5.65. The van der Waals surface area contributed by atoms with Gasteiger partial charge >= 0.3 is 0 Å². The van der Waals surface area contributed by atoms with Crippen LogP contribution in [0, 0.1) is 0 Å². The lowest BCUT2D eigenvalue weighted by molar-refractivity contribution is -0.122. The summed E-state index contributed by atoms with van der Waals surface area (Å²) in [6, 6.07) is 10.3. The largest absolute Gasteiger partial charge is 0.354 e. The van der Waals surface area contributed by atoms with Crippen molar-refractivity contribution in [3.8, 4) is 0 Å². The predicted molar refractivity (Wildman–Crippen MR) is 86.3 cm³/mol. The molecule has 1 heterocycles. The van der Waals surface area contributed by atoms with E-state index in [1.54, 1.807) is 23.5 Å². The standard InChI is InChI=1S/C13H18N2OS2.ClH/c1-10(18-11-5-3-2-4-6-11)7-14-13(16)12-8-17-9-15-12;/h2-6,10,12,15H,7-9H2,1H3,(H,14,16);1H. The number of benzene rings is 1. The van der Waals surface area contributed by atoms with Crippen molar-refractivity contribution in [2.24, 2.45) is 0 Å². The molecule has 6 heteroatoms. The van der Waals surface area contributed by atoms with Gasteiger partial charge in [-0.2, -0.15) is 0 Å². The third-order valence-corrected chi connectivity index (χ3v) is 4.73. The van der Waals surface area contributed by atoms with Gasteiger partial charge in [0.25, 0.3) is 0 Å². The van der Waals surface area contributed by atoms with Crippen LogP contribution in [-0.4, -0.2) is 35.4 Å². The van der Waals surface area contributed by atoms with Crippen molar-refractivity contribution in [2.45, 2.75) is 23.1 Å². The van der Waals surface area contributed by atoms with Crippen molar-refractivity contribution in [1.82, 2.24) is 10.6 Å². The second kappa shape index (κ2) is 8.74. The number of hydrogen-bond acceptors (Lipinski definition) is 4. The van der Waals surface area contributed by atoms with Gasteiger partial charge in [-0.25, -0.2) is 0 Å². The first-order valence-corrected chi connectivity index (χ1v) is 8.09. The quantitative estimate of drug-likeness (QED) is 0.818. The lowest BCUT2D eigenvalue weighted by Crippen LogP contribution is -2.43. The maximum Gasteiger partial charge on any atom is 0.238 e. The van der Waals surface area contributed by atoms with Gasteiger partial charge in [0.15, 0.2) is 0 Å². The molecule has 0 spiro atoms. The monoisotopic (exact) mass is 318 g/mol. The minimum atomic E-state index is -0.0103. The average molecular weight is 319 g/mol. The molecule has 0 aliphatic carbocycles. The highest BCUT2D eigenvalue weighted by molar-refractivity contribution is 8.00. The topological polar surface area (TPSA) is 41.1 Å². The van der Waals surface area contributed by atoms with Crippen molar-refractivity contribution in [3.63, 3.8) is 0 Å². The van der Waals surface area contributed by atoms with E-state index in [0.29, 0.717) is 11.8 Å². The highest BCUT2D eigenvalue weighted by Crippen LogP contribution is 2.22. The molecule has 2 unspecified atom stereocenters. The number of hydrogen-bond donors (Lipinski definition) is 2. The summed E-state index contributed by atoms with van der Waals surface area (Å²) in [5, 5.41) is 6.56. The zero-order valence-corrected chi connectivity index (χ0v) is 13.2. The van der Waals surface area contributed by atoms with Crippen LogP contribution in [0.3, 0.4) is 0 Å². The summed E-state index contributed by atoms with van der Waals surface area (Å²) in [6.07, 6.45) is 0. The molecule has 1 aliphatic rings. The Bertz CT molecular complexity index is 385. The number of thioether (sulfide) groups is 2. The summed E-state index contributed by atoms with van der Waals surface area (Å²) >= 11 is 3.56. The molecule has 1 aromatic carbocycles. The molecule has 19 heavy (non-hydrogen) atoms. The van der Waals surface area contributed by atoms with Crippen LogP contribution >= 0.6 is 35.9 Å². The van der Waals surface area contributed by atoms with Crippen LogP contribution < -0.4 is 10.6 Å². The molecule has 1 fully saturated rings. The fourth-order valence-corrected chi connectivity index (χ4v) is 3.59. The first kappa shape index (κ1) is 16.7. The molecule has 3 nitrogen and oxygen atoms in total. The Labute approximate surface area is 129 Å². The molecule has 0 aromatic heterocycles. The van der Waals surface area contributed by atoms with Crippen molar-refractivity contribution in [2.75, 3.05) is 18.2 Å². The second-order valence-electron chi connectivity index (χ2n) is 4.26. The second-order valence-corrected chi connectivity index (χ2v) is 6.80. The van der Waals surface area contributed by atoms with Crippen LogP contribution in [0.2, 0.25) is 0 Å². The number of nitrogens with one attached hydrogen (secondary N) is 2. The Morgan fingerprint density at radius 3 is 2.89 bits per heavy atom. The summed E-state index contributed by atoms with van der Waals surface area (Å²) < 4.78 is 0. The van der Waals surface area contributed by atoms with Gasteiger partial charge in [-0.15, -0.1) is 35.9 Å². The number of halogens is 1. The van der Waals surface area contributed by atoms with Gasteiger partial charge in [-0.3, -0.25) is 10.1 Å². The number of carbonyl (C=O) groups excluding carboxylic acids is 1. The van der Waals surface area contributed by atoms with Gasteiger partial charge in [-0.1, -0.05) is 25.1 Å². The Morgan fingerprint density at radius 1 is 1.53 bits per heavy atom. The Hall–Kier alpha value is -0.360. The molecular formula is C13H19ClN2OS2. The molecule has 0 radical (unpaired) electrons. The van der Waals surface area contributed by atoms with Crippen molar-refractivity contribution >= 4 is 41.8 Å². The first-order chi connectivity index (χ1) is 8.75. The van der Waals surface area contributed by atoms with Crippen molar-refractivity contribution in [3.05, 3.63) is 30.3 Å². The highest BCUT2D eigenvalue weighted by Gasteiger charge is 2.22. The lowest BCUT2D eigenvalue weighted by Gasteiger charge is -2.14. The van der Waals surface area contributed by atoms with Gasteiger partial charge in [0, 0.05) is 28.3 Å².